The fourth-order valence-corrected chi connectivity index (χ4v) is 2.59. The van der Waals surface area contributed by atoms with Gasteiger partial charge in [-0.2, -0.15) is 5.26 Å². The number of nitriles is 1. The average molecular weight is 260 g/mol. The summed E-state index contributed by atoms with van der Waals surface area (Å²) in [5.74, 6) is -0.0385. The number of hydrogen-bond donors (Lipinski definition) is 0. The minimum Gasteiger partial charge on any atom is -0.300 e. The van der Waals surface area contributed by atoms with Crippen molar-refractivity contribution in [2.45, 2.75) is 38.3 Å². The largest absolute Gasteiger partial charge is 0.300 e. The monoisotopic (exact) mass is 260 g/mol. The van der Waals surface area contributed by atoms with E-state index < -0.39 is 0 Å². The van der Waals surface area contributed by atoms with Gasteiger partial charge in [0.1, 0.15) is 11.6 Å². The van der Waals surface area contributed by atoms with Crippen LogP contribution in [0.5, 0.6) is 0 Å². The SMILES string of the molecule is CN(Cc1cc(F)cc(C#N)c1)C1CCC(=O)CC1. The molecule has 0 saturated heterocycles. The van der Waals surface area contributed by atoms with E-state index in [1.54, 1.807) is 6.07 Å². The highest BCUT2D eigenvalue weighted by molar-refractivity contribution is 5.79. The molecule has 0 bridgehead atoms. The second kappa shape index (κ2) is 5.94. The Balaban J connectivity index is 2.02. The first kappa shape index (κ1) is 13.7. The summed E-state index contributed by atoms with van der Waals surface area (Å²) in [5.41, 5.74) is 1.15. The maximum Gasteiger partial charge on any atom is 0.133 e. The maximum absolute atomic E-state index is 13.3. The molecule has 0 aromatic heterocycles. The van der Waals surface area contributed by atoms with Gasteiger partial charge < -0.3 is 0 Å². The van der Waals surface area contributed by atoms with Gasteiger partial charge in [-0.3, -0.25) is 9.69 Å². The zero-order valence-corrected chi connectivity index (χ0v) is 11.0. The Kier molecular flexibility index (Phi) is 4.28. The molecule has 0 radical (unpaired) electrons. The van der Waals surface area contributed by atoms with Crippen molar-refractivity contribution < 1.29 is 9.18 Å². The summed E-state index contributed by atoms with van der Waals surface area (Å²) in [7, 11) is 1.98. The molecular weight excluding hydrogens is 243 g/mol. The third kappa shape index (κ3) is 3.62. The van der Waals surface area contributed by atoms with Gasteiger partial charge >= 0.3 is 0 Å². The van der Waals surface area contributed by atoms with Crippen molar-refractivity contribution in [3.8, 4) is 6.07 Å². The molecule has 1 saturated carbocycles. The lowest BCUT2D eigenvalue weighted by Crippen LogP contribution is -2.34. The third-order valence-corrected chi connectivity index (χ3v) is 3.65. The van der Waals surface area contributed by atoms with Gasteiger partial charge in [0, 0.05) is 25.4 Å². The van der Waals surface area contributed by atoms with Crippen molar-refractivity contribution in [2.24, 2.45) is 0 Å². The standard InChI is InChI=1S/C15H17FN2O/c1-18(14-2-4-15(19)5-3-14)10-12-6-11(9-17)7-13(16)8-12/h6-8,14H,2-5,10H2,1H3. The summed E-state index contributed by atoms with van der Waals surface area (Å²) in [6, 6.07) is 6.75. The molecule has 1 aliphatic carbocycles. The maximum atomic E-state index is 13.3. The molecule has 100 valence electrons. The van der Waals surface area contributed by atoms with E-state index in [2.05, 4.69) is 4.90 Å². The van der Waals surface area contributed by atoms with Crippen molar-refractivity contribution >= 4 is 5.78 Å². The fraction of sp³-hybridized carbons (Fsp3) is 0.467. The Morgan fingerprint density at radius 1 is 1.37 bits per heavy atom. The molecule has 19 heavy (non-hydrogen) atoms. The highest BCUT2D eigenvalue weighted by Crippen LogP contribution is 2.21. The quantitative estimate of drug-likeness (QED) is 0.839. The van der Waals surface area contributed by atoms with E-state index in [1.165, 1.54) is 12.1 Å². The smallest absolute Gasteiger partial charge is 0.133 e. The number of hydrogen-bond acceptors (Lipinski definition) is 3. The van der Waals surface area contributed by atoms with Crippen molar-refractivity contribution in [1.29, 1.82) is 5.26 Å². The van der Waals surface area contributed by atoms with Gasteiger partial charge in [-0.15, -0.1) is 0 Å². The highest BCUT2D eigenvalue weighted by Gasteiger charge is 2.22. The Labute approximate surface area is 112 Å². The van der Waals surface area contributed by atoms with Gasteiger partial charge in [-0.25, -0.2) is 4.39 Å². The van der Waals surface area contributed by atoms with Crippen LogP contribution in [0.25, 0.3) is 0 Å². The summed E-state index contributed by atoms with van der Waals surface area (Å²) < 4.78 is 13.3. The molecule has 1 aromatic carbocycles. The Morgan fingerprint density at radius 3 is 2.68 bits per heavy atom. The van der Waals surface area contributed by atoms with E-state index in [4.69, 9.17) is 5.26 Å². The molecule has 0 amide bonds. The zero-order valence-electron chi connectivity index (χ0n) is 11.0. The Bertz CT molecular complexity index is 511. The summed E-state index contributed by atoms with van der Waals surface area (Å²) >= 11 is 0. The van der Waals surface area contributed by atoms with Crippen molar-refractivity contribution in [1.82, 2.24) is 4.90 Å². The van der Waals surface area contributed by atoms with Crippen LogP contribution in [0.4, 0.5) is 4.39 Å². The minimum absolute atomic E-state index is 0.335. The number of carbonyl (C=O) groups is 1. The number of halogens is 1. The Morgan fingerprint density at radius 2 is 2.05 bits per heavy atom. The molecule has 2 rings (SSSR count). The fourth-order valence-electron chi connectivity index (χ4n) is 2.59. The van der Waals surface area contributed by atoms with E-state index in [1.807, 2.05) is 13.1 Å². The predicted octanol–water partition coefficient (Wildman–Crippen LogP) is 2.64. The first-order valence-electron chi connectivity index (χ1n) is 6.50. The summed E-state index contributed by atoms with van der Waals surface area (Å²) in [6.07, 6.45) is 3.02. The van der Waals surface area contributed by atoms with Gasteiger partial charge in [0.15, 0.2) is 0 Å². The lowest BCUT2D eigenvalue weighted by atomic mass is 9.93. The van der Waals surface area contributed by atoms with Crippen molar-refractivity contribution in [3.63, 3.8) is 0 Å². The van der Waals surface area contributed by atoms with Crippen LogP contribution in [0.1, 0.15) is 36.8 Å². The molecule has 0 aliphatic heterocycles. The number of nitrogens with zero attached hydrogens (tertiary/aromatic N) is 2. The van der Waals surface area contributed by atoms with Crippen LogP contribution in [-0.4, -0.2) is 23.8 Å². The first-order valence-corrected chi connectivity index (χ1v) is 6.50. The van der Waals surface area contributed by atoms with Gasteiger partial charge in [-0.05, 0) is 43.7 Å². The molecule has 0 spiro atoms. The topological polar surface area (TPSA) is 44.1 Å². The van der Waals surface area contributed by atoms with Crippen LogP contribution in [0.2, 0.25) is 0 Å². The number of Topliss-reactive ketones (excluding diaryl/α,β-unsaturated/α-hetero) is 1. The molecule has 0 heterocycles. The molecule has 1 aliphatic rings. The van der Waals surface area contributed by atoms with Gasteiger partial charge in [0.05, 0.1) is 11.6 Å². The minimum atomic E-state index is -0.374. The van der Waals surface area contributed by atoms with Crippen LogP contribution in [0.15, 0.2) is 18.2 Å². The van der Waals surface area contributed by atoms with Crippen LogP contribution < -0.4 is 0 Å². The van der Waals surface area contributed by atoms with Crippen molar-refractivity contribution in [3.05, 3.63) is 35.1 Å². The van der Waals surface area contributed by atoms with Crippen LogP contribution >= 0.6 is 0 Å². The first-order chi connectivity index (χ1) is 9.08. The van der Waals surface area contributed by atoms with Crippen molar-refractivity contribution in [2.75, 3.05) is 7.05 Å². The van der Waals surface area contributed by atoms with E-state index in [-0.39, 0.29) is 5.82 Å². The Hall–Kier alpha value is -1.73. The molecule has 3 nitrogen and oxygen atoms in total. The molecular formula is C15H17FN2O. The van der Waals surface area contributed by atoms with E-state index in [0.29, 0.717) is 36.8 Å². The highest BCUT2D eigenvalue weighted by atomic mass is 19.1. The van der Waals surface area contributed by atoms with Gasteiger partial charge in [0.25, 0.3) is 0 Å². The lowest BCUT2D eigenvalue weighted by molar-refractivity contribution is -0.121. The zero-order chi connectivity index (χ0) is 13.8. The molecule has 0 atom stereocenters. The van der Waals surface area contributed by atoms with Crippen LogP contribution in [-0.2, 0) is 11.3 Å². The molecule has 4 heteroatoms. The summed E-state index contributed by atoms with van der Waals surface area (Å²) in [5, 5.41) is 8.83. The van der Waals surface area contributed by atoms with Crippen LogP contribution in [0.3, 0.4) is 0 Å². The van der Waals surface area contributed by atoms with E-state index in [9.17, 15) is 9.18 Å². The number of ketones is 1. The molecule has 1 aromatic rings. The third-order valence-electron chi connectivity index (χ3n) is 3.65. The van der Waals surface area contributed by atoms with E-state index in [0.717, 1.165) is 18.4 Å². The average Bonchev–Trinajstić information content (AvgIpc) is 2.38. The normalized spacial score (nSPS) is 16.6. The predicted molar refractivity (Wildman–Crippen MR) is 69.8 cm³/mol. The summed E-state index contributed by atoms with van der Waals surface area (Å²) in [6.45, 7) is 0.602. The van der Waals surface area contributed by atoms with Gasteiger partial charge in [0.2, 0.25) is 0 Å². The molecule has 0 unspecified atom stereocenters. The van der Waals surface area contributed by atoms with Gasteiger partial charge in [-0.1, -0.05) is 0 Å². The lowest BCUT2D eigenvalue weighted by Gasteiger charge is -2.30. The number of rotatable bonds is 3. The van der Waals surface area contributed by atoms with Crippen LogP contribution in [0, 0.1) is 17.1 Å². The second-order valence-corrected chi connectivity index (χ2v) is 5.14. The van der Waals surface area contributed by atoms with E-state index >= 15 is 0 Å². The second-order valence-electron chi connectivity index (χ2n) is 5.14. The number of carbonyl (C=O) groups excluding carboxylic acids is 1. The molecule has 0 N–H and O–H groups in total. The number of benzene rings is 1. The summed E-state index contributed by atoms with van der Waals surface area (Å²) in [4.78, 5) is 13.4. The molecule has 1 fully saturated rings.